The molecule has 4 nitrogen and oxygen atoms in total. The Morgan fingerprint density at radius 3 is 0.939 bits per heavy atom. The van der Waals surface area contributed by atoms with E-state index in [1.807, 2.05) is 121 Å². The first-order valence-electron chi connectivity index (χ1n) is 10.6. The van der Waals surface area contributed by atoms with Gasteiger partial charge in [-0.05, 0) is 0 Å². The van der Waals surface area contributed by atoms with E-state index in [4.69, 9.17) is 5.37 Å². The Kier molecular flexibility index (Phi) is 8.03. The van der Waals surface area contributed by atoms with Gasteiger partial charge in [0.25, 0.3) is 0 Å². The van der Waals surface area contributed by atoms with Gasteiger partial charge in [-0.3, -0.25) is 0 Å². The van der Waals surface area contributed by atoms with E-state index in [1.165, 1.54) is 0 Å². The van der Waals surface area contributed by atoms with Crippen molar-refractivity contribution in [2.24, 2.45) is 0 Å². The third kappa shape index (κ3) is 5.96. The van der Waals surface area contributed by atoms with Gasteiger partial charge in [-0.25, -0.2) is 0 Å². The maximum atomic E-state index is 13.1. The van der Waals surface area contributed by atoms with Crippen molar-refractivity contribution in [3.63, 3.8) is 0 Å². The minimum atomic E-state index is -2.46. The van der Waals surface area contributed by atoms with Gasteiger partial charge in [-0.2, -0.15) is 0 Å². The SMILES string of the molecule is O=C([O][Pb][O]C(=O)C(c1ccccc1)c1ccccc1)C(c1ccccc1)c1ccccc1. The molecule has 2 radical (unpaired) electrons. The van der Waals surface area contributed by atoms with Crippen LogP contribution in [0.3, 0.4) is 0 Å². The van der Waals surface area contributed by atoms with E-state index < -0.39 is 37.0 Å². The molecule has 0 amide bonds. The maximum absolute atomic E-state index is 13.1. The van der Waals surface area contributed by atoms with Crippen molar-refractivity contribution in [3.8, 4) is 0 Å². The Hall–Kier alpha value is -3.26. The Bertz CT molecular complexity index is 992. The van der Waals surface area contributed by atoms with E-state index in [-0.39, 0.29) is 11.9 Å². The number of hydrogen-bond acceptors (Lipinski definition) is 4. The molecule has 0 aromatic heterocycles. The van der Waals surface area contributed by atoms with E-state index in [9.17, 15) is 9.59 Å². The van der Waals surface area contributed by atoms with Crippen LogP contribution >= 0.6 is 0 Å². The van der Waals surface area contributed by atoms with Crippen molar-refractivity contribution in [2.75, 3.05) is 0 Å². The fraction of sp³-hybridized carbons (Fsp3) is 0.0714. The fourth-order valence-electron chi connectivity index (χ4n) is 3.73. The van der Waals surface area contributed by atoms with Crippen molar-refractivity contribution in [1.29, 1.82) is 0 Å². The van der Waals surface area contributed by atoms with Crippen LogP contribution in [-0.4, -0.2) is 37.1 Å². The van der Waals surface area contributed by atoms with Gasteiger partial charge >= 0.3 is 207 Å². The van der Waals surface area contributed by atoms with Crippen LogP contribution in [0.5, 0.6) is 0 Å². The first-order valence-corrected chi connectivity index (χ1v) is 13.8. The zero-order valence-corrected chi connectivity index (χ0v) is 21.7. The van der Waals surface area contributed by atoms with Crippen molar-refractivity contribution < 1.29 is 15.0 Å². The van der Waals surface area contributed by atoms with Crippen LogP contribution in [0.2, 0.25) is 0 Å². The average Bonchev–Trinajstić information content (AvgIpc) is 2.87. The Morgan fingerprint density at radius 1 is 0.455 bits per heavy atom. The van der Waals surface area contributed by atoms with Crippen LogP contribution < -0.4 is 0 Å². The number of carbonyl (C=O) groups is 2. The summed E-state index contributed by atoms with van der Waals surface area (Å²) in [6, 6.07) is 38.0. The van der Waals surface area contributed by atoms with Gasteiger partial charge in [-0.15, -0.1) is 0 Å². The Labute approximate surface area is 206 Å². The molecule has 0 saturated heterocycles. The molecule has 0 bridgehead atoms. The van der Waals surface area contributed by atoms with Gasteiger partial charge < -0.3 is 0 Å². The summed E-state index contributed by atoms with van der Waals surface area (Å²) in [5.41, 5.74) is 3.37. The van der Waals surface area contributed by atoms with Gasteiger partial charge in [0, 0.05) is 0 Å². The number of benzene rings is 4. The predicted octanol–water partition coefficient (Wildman–Crippen LogP) is 5.27. The van der Waals surface area contributed by atoms with E-state index >= 15 is 0 Å². The molecule has 0 atom stereocenters. The standard InChI is InChI=1S/2C14H12O2.Pb/c2*15-14(16)13(11-7-3-1-4-8-11)12-9-5-2-6-10-12;/h2*1-10,13H,(H,15,16);/q;;+2/p-2. The molecule has 4 aromatic carbocycles. The molecule has 0 unspecified atom stereocenters. The summed E-state index contributed by atoms with van der Waals surface area (Å²) in [6.07, 6.45) is 0. The zero-order chi connectivity index (χ0) is 22.9. The second kappa shape index (κ2) is 11.6. The normalized spacial score (nSPS) is 10.7. The average molecular weight is 630 g/mol. The Balaban J connectivity index is 1.47. The summed E-state index contributed by atoms with van der Waals surface area (Å²) in [4.78, 5) is 26.1. The molecule has 0 saturated carbocycles. The van der Waals surface area contributed by atoms with Crippen molar-refractivity contribution in [2.45, 2.75) is 11.8 Å². The van der Waals surface area contributed by atoms with E-state index in [0.717, 1.165) is 22.3 Å². The Morgan fingerprint density at radius 2 is 0.697 bits per heavy atom. The molecular weight excluding hydrogens is 608 g/mol. The molecule has 4 aromatic rings. The van der Waals surface area contributed by atoms with Gasteiger partial charge in [-0.1, -0.05) is 0 Å². The monoisotopic (exact) mass is 630 g/mol. The summed E-state index contributed by atoms with van der Waals surface area (Å²) in [5, 5.41) is 0. The van der Waals surface area contributed by atoms with Crippen molar-refractivity contribution in [1.82, 2.24) is 0 Å². The fourth-order valence-corrected chi connectivity index (χ4v) is 5.45. The molecule has 0 aliphatic rings. The predicted molar refractivity (Wildman–Crippen MR) is 127 cm³/mol. The van der Waals surface area contributed by atoms with Crippen molar-refractivity contribution in [3.05, 3.63) is 144 Å². The summed E-state index contributed by atoms with van der Waals surface area (Å²) < 4.78 is 11.2. The first-order chi connectivity index (χ1) is 16.2. The summed E-state index contributed by atoms with van der Waals surface area (Å²) in [6.45, 7) is 0. The van der Waals surface area contributed by atoms with Crippen molar-refractivity contribution >= 4 is 37.1 Å². The molecule has 0 N–H and O–H groups in total. The number of hydrogen-bond donors (Lipinski definition) is 0. The second-order valence-corrected chi connectivity index (χ2v) is 9.67. The summed E-state index contributed by atoms with van der Waals surface area (Å²) in [5.74, 6) is -1.89. The molecule has 0 aliphatic heterocycles. The molecular formula is C28H22O4Pb. The van der Waals surface area contributed by atoms with Crippen LogP contribution in [0.25, 0.3) is 0 Å². The summed E-state index contributed by atoms with van der Waals surface area (Å²) >= 11 is -2.46. The second-order valence-electron chi connectivity index (χ2n) is 7.43. The third-order valence-electron chi connectivity index (χ3n) is 5.29. The molecule has 33 heavy (non-hydrogen) atoms. The van der Waals surface area contributed by atoms with Crippen LogP contribution in [0.15, 0.2) is 121 Å². The van der Waals surface area contributed by atoms with Crippen LogP contribution in [0, 0.1) is 0 Å². The van der Waals surface area contributed by atoms with Crippen LogP contribution in [-0.2, 0) is 15.0 Å². The molecule has 162 valence electrons. The van der Waals surface area contributed by atoms with E-state index in [0.29, 0.717) is 0 Å². The quantitative estimate of drug-likeness (QED) is 0.250. The van der Waals surface area contributed by atoms with Gasteiger partial charge in [0.05, 0.1) is 0 Å². The zero-order valence-electron chi connectivity index (χ0n) is 17.8. The van der Waals surface area contributed by atoms with Crippen LogP contribution in [0.1, 0.15) is 34.1 Å². The van der Waals surface area contributed by atoms with Gasteiger partial charge in [0.15, 0.2) is 0 Å². The molecule has 0 spiro atoms. The third-order valence-corrected chi connectivity index (χ3v) is 7.50. The topological polar surface area (TPSA) is 52.6 Å². The molecule has 5 heteroatoms. The number of rotatable bonds is 8. The summed E-state index contributed by atoms with van der Waals surface area (Å²) in [7, 11) is 0. The molecule has 0 fully saturated rings. The van der Waals surface area contributed by atoms with Gasteiger partial charge in [0.2, 0.25) is 0 Å². The van der Waals surface area contributed by atoms with E-state index in [1.54, 1.807) is 0 Å². The van der Waals surface area contributed by atoms with Crippen LogP contribution in [0.4, 0.5) is 0 Å². The molecule has 4 rings (SSSR count). The molecule has 0 heterocycles. The number of carbonyl (C=O) groups excluding carboxylic acids is 2. The molecule has 0 aliphatic carbocycles. The first kappa shape index (κ1) is 22.9. The minimum absolute atomic E-state index is 0.389. The van der Waals surface area contributed by atoms with E-state index in [2.05, 4.69) is 0 Å². The van der Waals surface area contributed by atoms with Gasteiger partial charge in [0.1, 0.15) is 0 Å².